The molecule has 0 rings (SSSR count). The maximum Gasteiger partial charge on any atom is 0.306 e. The first-order chi connectivity index (χ1) is 41.0. The third-order valence-electron chi connectivity index (χ3n) is 14.7. The van der Waals surface area contributed by atoms with E-state index >= 15 is 0 Å². The predicted octanol–water partition coefficient (Wildman–Crippen LogP) is 24.1. The Morgan fingerprint density at radius 1 is 0.253 bits per heavy atom. The molecule has 6 heteroatoms. The van der Waals surface area contributed by atoms with E-state index in [-0.39, 0.29) is 37.5 Å². The SMILES string of the molecule is CC/C=C\C/C=C\C/C=C\C/C=C\C/C=C\C/C=C\CCCCCCCCCCCCC(=O)OCC(COC(=O)CCCCCCCCCCCCCCCCCCC)OC(=O)CCCCC/C=C\C/C=C\C/C=C\C/C=C\C/C=C\CC. The number of hydrogen-bond acceptors (Lipinski definition) is 6. The van der Waals surface area contributed by atoms with Crippen molar-refractivity contribution in [1.29, 1.82) is 0 Å². The van der Waals surface area contributed by atoms with Gasteiger partial charge in [-0.15, -0.1) is 0 Å². The van der Waals surface area contributed by atoms with E-state index in [1.807, 2.05) is 0 Å². The molecule has 0 saturated heterocycles. The zero-order valence-corrected chi connectivity index (χ0v) is 54.2. The highest BCUT2D eigenvalue weighted by molar-refractivity contribution is 5.71. The van der Waals surface area contributed by atoms with Crippen molar-refractivity contribution in [2.75, 3.05) is 13.2 Å². The van der Waals surface area contributed by atoms with Crippen molar-refractivity contribution in [3.05, 3.63) is 134 Å². The second-order valence-corrected chi connectivity index (χ2v) is 22.7. The molecule has 0 aromatic heterocycles. The van der Waals surface area contributed by atoms with E-state index in [0.29, 0.717) is 12.8 Å². The van der Waals surface area contributed by atoms with E-state index in [0.717, 1.165) is 135 Å². The molecule has 0 N–H and O–H groups in total. The first kappa shape index (κ1) is 78.5. The Morgan fingerprint density at radius 3 is 0.747 bits per heavy atom. The van der Waals surface area contributed by atoms with Crippen LogP contribution < -0.4 is 0 Å². The summed E-state index contributed by atoms with van der Waals surface area (Å²) in [7, 11) is 0. The minimum atomic E-state index is -0.802. The fraction of sp³-hybridized carbons (Fsp3) is 0.675. The van der Waals surface area contributed by atoms with Crippen LogP contribution in [0.4, 0.5) is 0 Å². The highest BCUT2D eigenvalue weighted by Crippen LogP contribution is 2.17. The molecule has 0 bridgehead atoms. The zero-order chi connectivity index (χ0) is 59.9. The Hall–Kier alpha value is -4.45. The van der Waals surface area contributed by atoms with Gasteiger partial charge < -0.3 is 14.2 Å². The molecule has 6 nitrogen and oxygen atoms in total. The van der Waals surface area contributed by atoms with E-state index in [4.69, 9.17) is 14.2 Å². The van der Waals surface area contributed by atoms with Gasteiger partial charge in [0.25, 0.3) is 0 Å². The van der Waals surface area contributed by atoms with Crippen molar-refractivity contribution >= 4 is 17.9 Å². The Bertz CT molecular complexity index is 1750. The normalized spacial score (nSPS) is 13.0. The van der Waals surface area contributed by atoms with E-state index in [2.05, 4.69) is 154 Å². The van der Waals surface area contributed by atoms with Gasteiger partial charge in [0.15, 0.2) is 6.10 Å². The van der Waals surface area contributed by atoms with Gasteiger partial charge in [0.1, 0.15) is 13.2 Å². The molecule has 83 heavy (non-hydrogen) atoms. The second kappa shape index (κ2) is 70.0. The summed E-state index contributed by atoms with van der Waals surface area (Å²) in [6.07, 6.45) is 98.9. The summed E-state index contributed by atoms with van der Waals surface area (Å²) in [6, 6.07) is 0. The van der Waals surface area contributed by atoms with Gasteiger partial charge in [-0.05, 0) is 116 Å². The fourth-order valence-corrected chi connectivity index (χ4v) is 9.53. The number of ether oxygens (including phenoxy) is 3. The van der Waals surface area contributed by atoms with Crippen LogP contribution in [0.25, 0.3) is 0 Å². The van der Waals surface area contributed by atoms with Gasteiger partial charge in [-0.3, -0.25) is 14.4 Å². The van der Waals surface area contributed by atoms with Crippen LogP contribution in [-0.4, -0.2) is 37.2 Å². The van der Waals surface area contributed by atoms with Crippen LogP contribution in [0.1, 0.15) is 316 Å². The van der Waals surface area contributed by atoms with E-state index in [9.17, 15) is 14.4 Å². The predicted molar refractivity (Wildman–Crippen MR) is 362 cm³/mol. The lowest BCUT2D eigenvalue weighted by Crippen LogP contribution is -2.30. The number of carbonyl (C=O) groups excluding carboxylic acids is 3. The number of allylic oxidation sites excluding steroid dienone is 22. The summed E-state index contributed by atoms with van der Waals surface area (Å²) < 4.78 is 17.0. The summed E-state index contributed by atoms with van der Waals surface area (Å²) in [6.45, 7) is 6.41. The lowest BCUT2D eigenvalue weighted by molar-refractivity contribution is -0.167. The van der Waals surface area contributed by atoms with Crippen molar-refractivity contribution in [2.24, 2.45) is 0 Å². The number of esters is 3. The number of rotatable bonds is 62. The van der Waals surface area contributed by atoms with Gasteiger partial charge >= 0.3 is 17.9 Å². The lowest BCUT2D eigenvalue weighted by Gasteiger charge is -2.18. The van der Waals surface area contributed by atoms with E-state index in [1.54, 1.807) is 0 Å². The standard InChI is InChI=1S/C77H128O6/c1-4-7-10-13-16-19-22-25-28-31-33-34-35-36-37-38-39-40-41-42-44-46-49-52-55-58-61-64-67-70-76(79)82-73-74(72-81-75(78)69-66-63-60-57-54-51-48-45-30-27-24-21-18-15-12-9-6-3)83-77(80)71-68-65-62-59-56-53-50-47-43-32-29-26-23-20-17-14-11-8-5-2/h7-8,10-11,16-17,19-20,25-26,28-29,33-34,36-37,39-40,43,47,53,56,74H,4-6,9,12-15,18,21-24,27,30-32,35,38,41-42,44-46,48-52,54-55,57-73H2,1-3H3/b10-7-,11-8-,19-16-,20-17-,28-25-,29-26-,34-33-,37-36-,40-39-,47-43-,56-53-. The molecule has 0 aliphatic rings. The molecule has 0 amide bonds. The third-order valence-corrected chi connectivity index (χ3v) is 14.7. The van der Waals surface area contributed by atoms with Gasteiger partial charge in [0.2, 0.25) is 0 Å². The number of carbonyl (C=O) groups is 3. The quantitative estimate of drug-likeness (QED) is 0.0261. The topological polar surface area (TPSA) is 78.9 Å². The van der Waals surface area contributed by atoms with Gasteiger partial charge in [0.05, 0.1) is 0 Å². The summed E-state index contributed by atoms with van der Waals surface area (Å²) in [5.41, 5.74) is 0. The molecule has 0 aliphatic carbocycles. The molecule has 0 saturated carbocycles. The summed E-state index contributed by atoms with van der Waals surface area (Å²) in [5.74, 6) is -0.920. The molecular weight excluding hydrogens is 1020 g/mol. The van der Waals surface area contributed by atoms with Crippen LogP contribution in [0, 0.1) is 0 Å². The molecular formula is C77H128O6. The molecule has 1 unspecified atom stereocenters. The minimum Gasteiger partial charge on any atom is -0.462 e. The lowest BCUT2D eigenvalue weighted by atomic mass is 10.0. The molecule has 0 fully saturated rings. The van der Waals surface area contributed by atoms with E-state index in [1.165, 1.54) is 141 Å². The highest BCUT2D eigenvalue weighted by Gasteiger charge is 2.19. The van der Waals surface area contributed by atoms with Gasteiger partial charge in [-0.2, -0.15) is 0 Å². The summed E-state index contributed by atoms with van der Waals surface area (Å²) in [4.78, 5) is 38.5. The Labute approximate surface area is 513 Å². The number of hydrogen-bond donors (Lipinski definition) is 0. The van der Waals surface area contributed by atoms with Crippen LogP contribution in [0.15, 0.2) is 134 Å². The van der Waals surface area contributed by atoms with E-state index < -0.39 is 6.10 Å². The minimum absolute atomic E-state index is 0.0929. The van der Waals surface area contributed by atoms with Crippen LogP contribution in [0.5, 0.6) is 0 Å². The van der Waals surface area contributed by atoms with Crippen molar-refractivity contribution in [2.45, 2.75) is 322 Å². The van der Waals surface area contributed by atoms with Crippen molar-refractivity contribution in [3.63, 3.8) is 0 Å². The smallest absolute Gasteiger partial charge is 0.306 e. The first-order valence-electron chi connectivity index (χ1n) is 34.7. The maximum atomic E-state index is 12.9. The van der Waals surface area contributed by atoms with Crippen molar-refractivity contribution in [3.8, 4) is 0 Å². The van der Waals surface area contributed by atoms with Crippen LogP contribution in [-0.2, 0) is 28.6 Å². The van der Waals surface area contributed by atoms with Gasteiger partial charge in [0, 0.05) is 19.3 Å². The monoisotopic (exact) mass is 1150 g/mol. The van der Waals surface area contributed by atoms with Crippen molar-refractivity contribution in [1.82, 2.24) is 0 Å². The molecule has 0 spiro atoms. The average Bonchev–Trinajstić information content (AvgIpc) is 3.49. The maximum absolute atomic E-state index is 12.9. The van der Waals surface area contributed by atoms with Gasteiger partial charge in [-0.25, -0.2) is 0 Å². The molecule has 0 aromatic carbocycles. The van der Waals surface area contributed by atoms with Crippen LogP contribution >= 0.6 is 0 Å². The fourth-order valence-electron chi connectivity index (χ4n) is 9.53. The largest absolute Gasteiger partial charge is 0.462 e. The first-order valence-corrected chi connectivity index (χ1v) is 34.7. The Balaban J connectivity index is 4.39. The Kier molecular flexibility index (Phi) is 66.3. The van der Waals surface area contributed by atoms with Crippen molar-refractivity contribution < 1.29 is 28.6 Å². The van der Waals surface area contributed by atoms with Gasteiger partial charge in [-0.1, -0.05) is 315 Å². The highest BCUT2D eigenvalue weighted by atomic mass is 16.6. The molecule has 472 valence electrons. The zero-order valence-electron chi connectivity index (χ0n) is 54.2. The molecule has 1 atom stereocenters. The summed E-state index contributed by atoms with van der Waals surface area (Å²) >= 11 is 0. The summed E-state index contributed by atoms with van der Waals surface area (Å²) in [5, 5.41) is 0. The Morgan fingerprint density at radius 2 is 0.470 bits per heavy atom. The van der Waals surface area contributed by atoms with Crippen LogP contribution in [0.3, 0.4) is 0 Å². The molecule has 0 aliphatic heterocycles. The molecule has 0 radical (unpaired) electrons. The molecule has 0 heterocycles. The average molecular weight is 1150 g/mol. The third kappa shape index (κ3) is 68.2. The number of unbranched alkanes of at least 4 members (excludes halogenated alkanes) is 29. The second-order valence-electron chi connectivity index (χ2n) is 22.7. The van der Waals surface area contributed by atoms with Crippen LogP contribution in [0.2, 0.25) is 0 Å². The molecule has 0 aromatic rings.